The fourth-order valence-electron chi connectivity index (χ4n) is 6.80. The Bertz CT molecular complexity index is 2060. The van der Waals surface area contributed by atoms with Gasteiger partial charge in [0.15, 0.2) is 6.61 Å². The van der Waals surface area contributed by atoms with Crippen LogP contribution in [0.15, 0.2) is 102 Å². The first-order chi connectivity index (χ1) is 27.7. The van der Waals surface area contributed by atoms with Gasteiger partial charge in [0.1, 0.15) is 11.5 Å². The summed E-state index contributed by atoms with van der Waals surface area (Å²) in [6, 6.07) is 29.3. The molecule has 0 spiro atoms. The highest BCUT2D eigenvalue weighted by atomic mass is 16.5. The molecule has 298 valence electrons. The van der Waals surface area contributed by atoms with Gasteiger partial charge in [0.25, 0.3) is 11.8 Å². The third-order valence-electron chi connectivity index (χ3n) is 9.70. The number of aliphatic imine (C=N–C) groups is 1. The summed E-state index contributed by atoms with van der Waals surface area (Å²) in [5.41, 5.74) is 5.21. The van der Waals surface area contributed by atoms with Crippen LogP contribution in [0.25, 0.3) is 0 Å². The Labute approximate surface area is 333 Å². The Hall–Kier alpha value is -6.21. The van der Waals surface area contributed by atoms with Gasteiger partial charge < -0.3 is 35.6 Å². The van der Waals surface area contributed by atoms with E-state index < -0.39 is 18.1 Å². The van der Waals surface area contributed by atoms with Crippen molar-refractivity contribution in [1.82, 2.24) is 20.9 Å². The summed E-state index contributed by atoms with van der Waals surface area (Å²) < 4.78 is 11.7. The predicted molar refractivity (Wildman–Crippen MR) is 221 cm³/mol. The summed E-state index contributed by atoms with van der Waals surface area (Å²) in [6.45, 7) is 6.00. The van der Waals surface area contributed by atoms with Crippen LogP contribution in [0, 0.1) is 6.92 Å². The molecular weight excluding hydrogens is 723 g/mol. The lowest BCUT2D eigenvalue weighted by Gasteiger charge is -2.26. The van der Waals surface area contributed by atoms with Crippen LogP contribution in [0.2, 0.25) is 0 Å². The highest BCUT2D eigenvalue weighted by molar-refractivity contribution is 6.20. The number of piperidine rings is 1. The summed E-state index contributed by atoms with van der Waals surface area (Å²) in [6.07, 6.45) is 3.41. The zero-order chi connectivity index (χ0) is 40.0. The first-order valence-corrected chi connectivity index (χ1v) is 19.5. The number of benzene rings is 4. The molecule has 0 aliphatic carbocycles. The molecule has 57 heavy (non-hydrogen) atoms. The lowest BCUT2D eigenvalue weighted by atomic mass is 10.00. The molecule has 1 unspecified atom stereocenters. The minimum Gasteiger partial charge on any atom is -0.494 e. The third kappa shape index (κ3) is 11.9. The Morgan fingerprint density at radius 1 is 0.807 bits per heavy atom. The van der Waals surface area contributed by atoms with Crippen molar-refractivity contribution < 1.29 is 28.7 Å². The second-order valence-corrected chi connectivity index (χ2v) is 14.2. The Kier molecular flexibility index (Phi) is 14.3. The van der Waals surface area contributed by atoms with E-state index in [1.54, 1.807) is 31.3 Å². The number of likely N-dealkylation sites (N-methyl/N-ethyl adjacent to an activating group) is 1. The van der Waals surface area contributed by atoms with Gasteiger partial charge in [0, 0.05) is 49.9 Å². The van der Waals surface area contributed by atoms with E-state index in [1.165, 1.54) is 29.7 Å². The number of hydrogen-bond donors (Lipinski definition) is 4. The van der Waals surface area contributed by atoms with Crippen molar-refractivity contribution in [2.75, 3.05) is 56.7 Å². The average Bonchev–Trinajstić information content (AvgIpc) is 3.31. The standard InChI is InChI=1S/C44H51N7O6/c1-31-12-8-15-34(26-31)47-44(55)49-42-43(54)50(2)38-19-5-4-18-37(38)41(48-42)33-14-10-17-36(28-33)57-30-40(53)46-22-20-39(52)45-21-11-25-56-35-16-9-13-32(27-35)29-51-23-6-3-7-24-51/h4-5,8-10,12-19,26-28,42H,3,6-7,11,20-25,29-30H2,1-2H3,(H,45,52)(H,46,53)(H2,47,49,55). The molecule has 1 saturated heterocycles. The van der Waals surface area contributed by atoms with Gasteiger partial charge in [-0.3, -0.25) is 19.3 Å². The lowest BCUT2D eigenvalue weighted by molar-refractivity contribution is -0.124. The van der Waals surface area contributed by atoms with Gasteiger partial charge >= 0.3 is 6.03 Å². The Balaban J connectivity index is 0.952. The second-order valence-electron chi connectivity index (χ2n) is 14.2. The minimum atomic E-state index is -1.22. The maximum Gasteiger partial charge on any atom is 0.321 e. The number of hydrogen-bond acceptors (Lipinski definition) is 8. The molecule has 4 N–H and O–H groups in total. The fraction of sp³-hybridized carbons (Fsp3) is 0.341. The van der Waals surface area contributed by atoms with Gasteiger partial charge in [0.05, 0.1) is 18.0 Å². The lowest BCUT2D eigenvalue weighted by Crippen LogP contribution is -2.47. The molecule has 0 bridgehead atoms. The SMILES string of the molecule is Cc1cccc(NC(=O)NC2N=C(c3cccc(OCC(=O)NCCC(=O)NCCCOc4cccc(CN5CCCCC5)c4)c3)c3ccccc3N(C)C2=O)c1. The Morgan fingerprint density at radius 2 is 1.56 bits per heavy atom. The van der Waals surface area contributed by atoms with E-state index >= 15 is 0 Å². The molecule has 13 heteroatoms. The number of likely N-dealkylation sites (tertiary alicyclic amines) is 1. The van der Waals surface area contributed by atoms with Gasteiger partial charge in [-0.15, -0.1) is 0 Å². The summed E-state index contributed by atoms with van der Waals surface area (Å²) in [5, 5.41) is 11.1. The maximum atomic E-state index is 13.6. The van der Waals surface area contributed by atoms with Gasteiger partial charge in [-0.25, -0.2) is 9.79 Å². The molecule has 0 saturated carbocycles. The predicted octanol–water partition coefficient (Wildman–Crippen LogP) is 5.41. The zero-order valence-corrected chi connectivity index (χ0v) is 32.6. The topological polar surface area (TPSA) is 154 Å². The molecule has 0 radical (unpaired) electrons. The number of fused-ring (bicyclic) bond motifs is 1. The number of para-hydroxylation sites is 1. The van der Waals surface area contributed by atoms with Gasteiger partial charge in [-0.2, -0.15) is 0 Å². The molecule has 6 rings (SSSR count). The minimum absolute atomic E-state index is 0.130. The van der Waals surface area contributed by atoms with Crippen LogP contribution in [0.1, 0.15) is 54.4 Å². The molecule has 4 aromatic rings. The van der Waals surface area contributed by atoms with Crippen molar-refractivity contribution in [2.24, 2.45) is 4.99 Å². The number of rotatable bonds is 16. The second kappa shape index (κ2) is 20.1. The number of nitrogens with one attached hydrogen (secondary N) is 4. The van der Waals surface area contributed by atoms with E-state index in [2.05, 4.69) is 38.3 Å². The van der Waals surface area contributed by atoms with Crippen molar-refractivity contribution in [1.29, 1.82) is 0 Å². The highest BCUT2D eigenvalue weighted by Gasteiger charge is 2.31. The van der Waals surface area contributed by atoms with Crippen LogP contribution < -0.4 is 35.6 Å². The first kappa shape index (κ1) is 40.5. The summed E-state index contributed by atoms with van der Waals surface area (Å²) in [5.74, 6) is 0.284. The van der Waals surface area contributed by atoms with Crippen molar-refractivity contribution in [3.05, 3.63) is 119 Å². The van der Waals surface area contributed by atoms with Crippen molar-refractivity contribution in [2.45, 2.75) is 51.7 Å². The number of carbonyl (C=O) groups excluding carboxylic acids is 4. The van der Waals surface area contributed by atoms with Crippen LogP contribution in [0.3, 0.4) is 0 Å². The number of urea groups is 1. The molecule has 5 amide bonds. The average molecular weight is 774 g/mol. The molecule has 2 heterocycles. The van der Waals surface area contributed by atoms with E-state index in [0.29, 0.717) is 53.5 Å². The third-order valence-corrected chi connectivity index (χ3v) is 9.70. The normalized spacial score (nSPS) is 15.4. The molecule has 13 nitrogen and oxygen atoms in total. The van der Waals surface area contributed by atoms with Crippen molar-refractivity contribution in [3.8, 4) is 11.5 Å². The summed E-state index contributed by atoms with van der Waals surface area (Å²) in [4.78, 5) is 60.3. The first-order valence-electron chi connectivity index (χ1n) is 19.5. The van der Waals surface area contributed by atoms with E-state index in [1.807, 2.05) is 67.6 Å². The molecule has 0 aromatic heterocycles. The molecule has 4 aromatic carbocycles. The highest BCUT2D eigenvalue weighted by Crippen LogP contribution is 2.28. The summed E-state index contributed by atoms with van der Waals surface area (Å²) >= 11 is 0. The molecule has 1 atom stereocenters. The van der Waals surface area contributed by atoms with Crippen LogP contribution in [0.5, 0.6) is 11.5 Å². The monoisotopic (exact) mass is 773 g/mol. The molecule has 2 aliphatic rings. The number of ether oxygens (including phenoxy) is 2. The van der Waals surface area contributed by atoms with E-state index in [-0.39, 0.29) is 31.4 Å². The maximum absolute atomic E-state index is 13.6. The Morgan fingerprint density at radius 3 is 2.39 bits per heavy atom. The summed E-state index contributed by atoms with van der Waals surface area (Å²) in [7, 11) is 1.64. The van der Waals surface area contributed by atoms with Crippen LogP contribution in [-0.4, -0.2) is 87.0 Å². The fourth-order valence-corrected chi connectivity index (χ4v) is 6.80. The van der Waals surface area contributed by atoms with Crippen LogP contribution >= 0.6 is 0 Å². The smallest absolute Gasteiger partial charge is 0.321 e. The number of benzodiazepines with no additional fused rings is 1. The van der Waals surface area contributed by atoms with Gasteiger partial charge in [-0.05, 0) is 92.9 Å². The van der Waals surface area contributed by atoms with E-state index in [4.69, 9.17) is 14.5 Å². The molecule has 2 aliphatic heterocycles. The van der Waals surface area contributed by atoms with Gasteiger partial charge in [-0.1, -0.05) is 61.0 Å². The van der Waals surface area contributed by atoms with E-state index in [0.717, 1.165) is 30.9 Å². The van der Waals surface area contributed by atoms with Crippen LogP contribution in [0.4, 0.5) is 16.2 Å². The largest absolute Gasteiger partial charge is 0.494 e. The quantitative estimate of drug-likeness (QED) is 0.111. The number of amides is 5. The molecular formula is C44H51N7O6. The molecule has 1 fully saturated rings. The number of aryl methyl sites for hydroxylation is 1. The van der Waals surface area contributed by atoms with Crippen molar-refractivity contribution in [3.63, 3.8) is 0 Å². The van der Waals surface area contributed by atoms with Crippen molar-refractivity contribution >= 4 is 40.8 Å². The zero-order valence-electron chi connectivity index (χ0n) is 32.6. The number of carbonyl (C=O) groups is 4. The number of nitrogens with zero attached hydrogens (tertiary/aromatic N) is 3. The number of anilines is 2. The van der Waals surface area contributed by atoms with E-state index in [9.17, 15) is 19.2 Å². The van der Waals surface area contributed by atoms with Gasteiger partial charge in [0.2, 0.25) is 12.1 Å². The van der Waals surface area contributed by atoms with Crippen LogP contribution in [-0.2, 0) is 20.9 Å².